The molecule has 4 heteroatoms. The summed E-state index contributed by atoms with van der Waals surface area (Å²) in [6.45, 7) is 6.28. The number of carbonyl (C=O) groups excluding carboxylic acids is 1. The first-order valence-corrected chi connectivity index (χ1v) is 7.95. The molecule has 1 aliphatic heterocycles. The third kappa shape index (κ3) is 3.06. The molecule has 0 spiro atoms. The van der Waals surface area contributed by atoms with Gasteiger partial charge in [-0.05, 0) is 44.2 Å². The predicted molar refractivity (Wildman–Crippen MR) is 96.7 cm³/mol. The van der Waals surface area contributed by atoms with Crippen molar-refractivity contribution >= 4 is 28.5 Å². The van der Waals surface area contributed by atoms with Crippen LogP contribution in [0.15, 0.2) is 54.7 Å². The van der Waals surface area contributed by atoms with Crippen LogP contribution in [0.4, 0.5) is 17.1 Å². The fourth-order valence-corrected chi connectivity index (χ4v) is 2.79. The number of hydrogen-bond donors (Lipinski definition) is 2. The highest BCUT2D eigenvalue weighted by atomic mass is 16.2. The van der Waals surface area contributed by atoms with Gasteiger partial charge in [0.1, 0.15) is 0 Å². The molecule has 0 bridgehead atoms. The average Bonchev–Trinajstić information content (AvgIpc) is 2.90. The van der Waals surface area contributed by atoms with Crippen LogP contribution in [0.5, 0.6) is 0 Å². The molecule has 0 unspecified atom stereocenters. The van der Waals surface area contributed by atoms with Crippen molar-refractivity contribution in [2.75, 3.05) is 28.6 Å². The Morgan fingerprint density at radius 1 is 1.04 bits per heavy atom. The highest BCUT2D eigenvalue weighted by Gasteiger charge is 2.23. The standard InChI is InChI=1S/C19H21N3O/c1-3-22(4-2)15-11-9-14(10-12-15)20-13-17-16-7-5-6-8-18(16)21-19(17)23/h5-13,20H,3-4H2,1-2H3,(H,21,23). The first-order chi connectivity index (χ1) is 11.2. The van der Waals surface area contributed by atoms with Crippen LogP contribution in [0, 0.1) is 0 Å². The lowest BCUT2D eigenvalue weighted by Crippen LogP contribution is -2.21. The zero-order valence-electron chi connectivity index (χ0n) is 13.5. The largest absolute Gasteiger partial charge is 0.372 e. The van der Waals surface area contributed by atoms with Gasteiger partial charge in [-0.25, -0.2) is 0 Å². The fraction of sp³-hybridized carbons (Fsp3) is 0.211. The summed E-state index contributed by atoms with van der Waals surface area (Å²) in [5.41, 5.74) is 4.63. The minimum absolute atomic E-state index is 0.0709. The van der Waals surface area contributed by atoms with Gasteiger partial charge in [-0.3, -0.25) is 4.79 Å². The molecule has 0 atom stereocenters. The highest BCUT2D eigenvalue weighted by molar-refractivity contribution is 6.31. The Bertz CT molecular complexity index is 731. The Hall–Kier alpha value is -2.75. The van der Waals surface area contributed by atoms with Crippen LogP contribution in [-0.4, -0.2) is 19.0 Å². The first kappa shape index (κ1) is 15.2. The van der Waals surface area contributed by atoms with Gasteiger partial charge in [-0.15, -0.1) is 0 Å². The molecule has 4 nitrogen and oxygen atoms in total. The predicted octanol–water partition coefficient (Wildman–Crippen LogP) is 3.94. The molecule has 0 aliphatic carbocycles. The number of nitrogens with one attached hydrogen (secondary N) is 2. The molecule has 1 heterocycles. The fourth-order valence-electron chi connectivity index (χ4n) is 2.79. The number of carbonyl (C=O) groups is 1. The van der Waals surface area contributed by atoms with Gasteiger partial charge in [0.2, 0.25) is 0 Å². The Kier molecular flexibility index (Phi) is 4.33. The summed E-state index contributed by atoms with van der Waals surface area (Å²) < 4.78 is 0. The van der Waals surface area contributed by atoms with Gasteiger partial charge in [0.15, 0.2) is 0 Å². The Morgan fingerprint density at radius 2 is 1.74 bits per heavy atom. The zero-order chi connectivity index (χ0) is 16.2. The summed E-state index contributed by atoms with van der Waals surface area (Å²) in [5.74, 6) is -0.0709. The second-order valence-corrected chi connectivity index (χ2v) is 5.42. The lowest BCUT2D eigenvalue weighted by Gasteiger charge is -2.21. The van der Waals surface area contributed by atoms with Crippen LogP contribution in [-0.2, 0) is 4.79 Å². The normalized spacial score (nSPS) is 14.5. The summed E-state index contributed by atoms with van der Waals surface area (Å²) >= 11 is 0. The van der Waals surface area contributed by atoms with Gasteiger partial charge >= 0.3 is 0 Å². The molecule has 118 valence electrons. The molecule has 3 rings (SSSR count). The van der Waals surface area contributed by atoms with Gasteiger partial charge in [0, 0.05) is 41.9 Å². The number of anilines is 3. The summed E-state index contributed by atoms with van der Waals surface area (Å²) in [7, 11) is 0. The van der Waals surface area contributed by atoms with E-state index in [1.54, 1.807) is 6.20 Å². The molecule has 2 aromatic carbocycles. The summed E-state index contributed by atoms with van der Waals surface area (Å²) in [6, 6.07) is 16.0. The number of benzene rings is 2. The van der Waals surface area contributed by atoms with Crippen molar-refractivity contribution in [1.29, 1.82) is 0 Å². The number of hydrogen-bond acceptors (Lipinski definition) is 3. The van der Waals surface area contributed by atoms with Crippen molar-refractivity contribution in [2.45, 2.75) is 13.8 Å². The van der Waals surface area contributed by atoms with Crippen molar-refractivity contribution in [3.63, 3.8) is 0 Å². The maximum Gasteiger partial charge on any atom is 0.257 e. The van der Waals surface area contributed by atoms with Crippen molar-refractivity contribution < 1.29 is 4.79 Å². The van der Waals surface area contributed by atoms with E-state index in [1.807, 2.05) is 36.4 Å². The van der Waals surface area contributed by atoms with Crippen LogP contribution in [0.25, 0.3) is 5.57 Å². The lowest BCUT2D eigenvalue weighted by atomic mass is 10.1. The zero-order valence-corrected chi connectivity index (χ0v) is 13.5. The minimum Gasteiger partial charge on any atom is -0.372 e. The molecule has 0 fully saturated rings. The van der Waals surface area contributed by atoms with Crippen LogP contribution in [0.3, 0.4) is 0 Å². The van der Waals surface area contributed by atoms with Gasteiger partial charge in [0.25, 0.3) is 5.91 Å². The molecule has 0 radical (unpaired) electrons. The minimum atomic E-state index is -0.0709. The topological polar surface area (TPSA) is 44.4 Å². The van der Waals surface area contributed by atoms with E-state index in [1.165, 1.54) is 5.69 Å². The SMILES string of the molecule is CCN(CC)c1ccc(NC=C2C(=O)Nc3ccccc32)cc1. The van der Waals surface area contributed by atoms with E-state index in [0.29, 0.717) is 5.57 Å². The summed E-state index contributed by atoms with van der Waals surface area (Å²) in [5, 5.41) is 6.09. The van der Waals surface area contributed by atoms with Crippen LogP contribution >= 0.6 is 0 Å². The van der Waals surface area contributed by atoms with E-state index in [2.05, 4.69) is 41.5 Å². The van der Waals surface area contributed by atoms with Gasteiger partial charge in [0.05, 0.1) is 5.57 Å². The van der Waals surface area contributed by atoms with E-state index in [0.717, 1.165) is 30.0 Å². The van der Waals surface area contributed by atoms with Gasteiger partial charge < -0.3 is 15.5 Å². The van der Waals surface area contributed by atoms with Crippen LogP contribution in [0.1, 0.15) is 19.4 Å². The Morgan fingerprint density at radius 3 is 2.43 bits per heavy atom. The molecule has 1 aliphatic rings. The molecule has 2 aromatic rings. The summed E-state index contributed by atoms with van der Waals surface area (Å²) in [4.78, 5) is 14.3. The average molecular weight is 307 g/mol. The maximum absolute atomic E-state index is 12.0. The highest BCUT2D eigenvalue weighted by Crippen LogP contribution is 2.31. The van der Waals surface area contributed by atoms with Crippen molar-refractivity contribution in [3.8, 4) is 0 Å². The number of fused-ring (bicyclic) bond motifs is 1. The van der Waals surface area contributed by atoms with Crippen LogP contribution in [0.2, 0.25) is 0 Å². The molecule has 2 N–H and O–H groups in total. The van der Waals surface area contributed by atoms with E-state index < -0.39 is 0 Å². The van der Waals surface area contributed by atoms with E-state index in [9.17, 15) is 4.79 Å². The van der Waals surface area contributed by atoms with E-state index in [-0.39, 0.29) is 5.91 Å². The van der Waals surface area contributed by atoms with Gasteiger partial charge in [-0.2, -0.15) is 0 Å². The van der Waals surface area contributed by atoms with Crippen molar-refractivity contribution in [2.24, 2.45) is 0 Å². The van der Waals surface area contributed by atoms with Gasteiger partial charge in [-0.1, -0.05) is 18.2 Å². The molecular formula is C19H21N3O. The number of rotatable bonds is 5. The van der Waals surface area contributed by atoms with Crippen molar-refractivity contribution in [1.82, 2.24) is 0 Å². The second kappa shape index (κ2) is 6.57. The van der Waals surface area contributed by atoms with E-state index >= 15 is 0 Å². The molecule has 0 saturated heterocycles. The van der Waals surface area contributed by atoms with E-state index in [4.69, 9.17) is 0 Å². The van der Waals surface area contributed by atoms with Crippen LogP contribution < -0.4 is 15.5 Å². The lowest BCUT2D eigenvalue weighted by molar-refractivity contribution is -0.110. The molecule has 0 saturated carbocycles. The smallest absolute Gasteiger partial charge is 0.257 e. The molecular weight excluding hydrogens is 286 g/mol. The number of nitrogens with zero attached hydrogens (tertiary/aromatic N) is 1. The Labute approximate surface area is 136 Å². The number of para-hydroxylation sites is 1. The second-order valence-electron chi connectivity index (χ2n) is 5.42. The van der Waals surface area contributed by atoms with Crippen molar-refractivity contribution in [3.05, 3.63) is 60.3 Å². The number of amides is 1. The molecule has 23 heavy (non-hydrogen) atoms. The first-order valence-electron chi connectivity index (χ1n) is 7.95. The maximum atomic E-state index is 12.0. The quantitative estimate of drug-likeness (QED) is 0.822. The Balaban J connectivity index is 1.77. The third-order valence-electron chi connectivity index (χ3n) is 4.09. The monoisotopic (exact) mass is 307 g/mol. The molecule has 0 aromatic heterocycles. The third-order valence-corrected chi connectivity index (χ3v) is 4.09. The summed E-state index contributed by atoms with van der Waals surface area (Å²) in [6.07, 6.45) is 1.77. The molecule has 1 amide bonds.